The highest BCUT2D eigenvalue weighted by atomic mass is 16.7. The molecular weight excluding hydrogens is 270 g/mol. The summed E-state index contributed by atoms with van der Waals surface area (Å²) in [5.41, 5.74) is 0.382. The molecule has 1 aliphatic heterocycles. The monoisotopic (exact) mass is 291 g/mol. The van der Waals surface area contributed by atoms with Crippen LogP contribution in [0.3, 0.4) is 0 Å². The van der Waals surface area contributed by atoms with Crippen LogP contribution in [-0.2, 0) is 14.3 Å². The van der Waals surface area contributed by atoms with Crippen molar-refractivity contribution in [1.82, 2.24) is 5.32 Å². The summed E-state index contributed by atoms with van der Waals surface area (Å²) < 4.78 is 9.80. The minimum absolute atomic E-state index is 0.0149. The molecule has 114 valence electrons. The summed E-state index contributed by atoms with van der Waals surface area (Å²) in [6.45, 7) is 5.88. The molecule has 1 N–H and O–H groups in total. The number of esters is 1. The van der Waals surface area contributed by atoms with Gasteiger partial charge in [0.25, 0.3) is 0 Å². The van der Waals surface area contributed by atoms with Crippen molar-refractivity contribution in [3.63, 3.8) is 0 Å². The predicted molar refractivity (Wildman–Crippen MR) is 77.9 cm³/mol. The standard InChI is InChI=1S/C16H21NO4/c1-16(2,3)21-15(19)20-14(18)13-12(9-10-17-13)11-7-5-4-6-8-11/h4-8,12-13,17H,9-10H2,1-3H3/t12-,13+/m1/s1. The zero-order valence-electron chi connectivity index (χ0n) is 12.6. The zero-order valence-corrected chi connectivity index (χ0v) is 12.6. The number of carbonyl (C=O) groups is 2. The Labute approximate surface area is 124 Å². The summed E-state index contributed by atoms with van der Waals surface area (Å²) in [5, 5.41) is 3.09. The van der Waals surface area contributed by atoms with Gasteiger partial charge in [-0.15, -0.1) is 0 Å². The van der Waals surface area contributed by atoms with Crippen molar-refractivity contribution >= 4 is 12.1 Å². The van der Waals surface area contributed by atoms with E-state index in [0.717, 1.165) is 12.0 Å². The molecule has 0 unspecified atom stereocenters. The van der Waals surface area contributed by atoms with Gasteiger partial charge in [0.15, 0.2) is 0 Å². The molecule has 1 aromatic rings. The number of carbonyl (C=O) groups excluding carboxylic acids is 2. The lowest BCUT2D eigenvalue weighted by atomic mass is 9.92. The van der Waals surface area contributed by atoms with E-state index in [1.165, 1.54) is 0 Å². The van der Waals surface area contributed by atoms with Crippen molar-refractivity contribution in [1.29, 1.82) is 0 Å². The zero-order chi connectivity index (χ0) is 15.5. The molecule has 1 saturated heterocycles. The van der Waals surface area contributed by atoms with Crippen molar-refractivity contribution in [2.75, 3.05) is 6.54 Å². The van der Waals surface area contributed by atoms with Gasteiger partial charge < -0.3 is 14.8 Å². The molecule has 5 heteroatoms. The first-order chi connectivity index (χ1) is 9.87. The number of ether oxygens (including phenoxy) is 2. The predicted octanol–water partition coefficient (Wildman–Crippen LogP) is 2.61. The first-order valence-electron chi connectivity index (χ1n) is 7.10. The van der Waals surface area contributed by atoms with E-state index in [0.29, 0.717) is 6.54 Å². The quantitative estimate of drug-likeness (QED) is 0.670. The van der Waals surface area contributed by atoms with Gasteiger partial charge in [-0.2, -0.15) is 0 Å². The molecule has 0 amide bonds. The third-order valence-electron chi connectivity index (χ3n) is 3.28. The first-order valence-corrected chi connectivity index (χ1v) is 7.10. The van der Waals surface area contributed by atoms with Crippen LogP contribution in [0.1, 0.15) is 38.7 Å². The molecule has 1 aromatic carbocycles. The number of benzene rings is 1. The normalized spacial score (nSPS) is 21.9. The Morgan fingerprint density at radius 1 is 1.19 bits per heavy atom. The van der Waals surface area contributed by atoms with E-state index >= 15 is 0 Å². The van der Waals surface area contributed by atoms with Crippen LogP contribution in [0.25, 0.3) is 0 Å². The van der Waals surface area contributed by atoms with Gasteiger partial charge in [0, 0.05) is 5.92 Å². The molecule has 5 nitrogen and oxygen atoms in total. The Kier molecular flexibility index (Phi) is 4.63. The minimum Gasteiger partial charge on any atom is -0.428 e. The Hall–Kier alpha value is -1.88. The second-order valence-electron chi connectivity index (χ2n) is 6.12. The SMILES string of the molecule is CC(C)(C)OC(=O)OC(=O)[C@H]1NCC[C@@H]1c1ccccc1. The molecule has 0 saturated carbocycles. The van der Waals surface area contributed by atoms with E-state index in [1.54, 1.807) is 20.8 Å². The number of hydrogen-bond donors (Lipinski definition) is 1. The van der Waals surface area contributed by atoms with E-state index in [2.05, 4.69) is 5.32 Å². The van der Waals surface area contributed by atoms with Gasteiger partial charge in [-0.05, 0) is 39.3 Å². The van der Waals surface area contributed by atoms with Crippen LogP contribution in [-0.4, -0.2) is 30.3 Å². The highest BCUT2D eigenvalue weighted by molar-refractivity contribution is 5.86. The van der Waals surface area contributed by atoms with Crippen molar-refractivity contribution in [2.24, 2.45) is 0 Å². The highest BCUT2D eigenvalue weighted by Gasteiger charge is 2.36. The lowest BCUT2D eigenvalue weighted by Gasteiger charge is -2.21. The van der Waals surface area contributed by atoms with Crippen molar-refractivity contribution in [3.05, 3.63) is 35.9 Å². The minimum atomic E-state index is -0.951. The van der Waals surface area contributed by atoms with Crippen LogP contribution in [0.5, 0.6) is 0 Å². The molecule has 0 aromatic heterocycles. The van der Waals surface area contributed by atoms with Crippen LogP contribution < -0.4 is 5.32 Å². The molecule has 2 rings (SSSR count). The summed E-state index contributed by atoms with van der Waals surface area (Å²) in [5.74, 6) is -0.572. The van der Waals surface area contributed by atoms with Gasteiger partial charge in [0.1, 0.15) is 11.6 Å². The van der Waals surface area contributed by atoms with Crippen LogP contribution in [0, 0.1) is 0 Å². The Morgan fingerprint density at radius 3 is 2.48 bits per heavy atom. The topological polar surface area (TPSA) is 64.6 Å². The average molecular weight is 291 g/mol. The fourth-order valence-electron chi connectivity index (χ4n) is 2.43. The van der Waals surface area contributed by atoms with Gasteiger partial charge in [0.2, 0.25) is 0 Å². The van der Waals surface area contributed by atoms with Crippen molar-refractivity contribution < 1.29 is 19.1 Å². The van der Waals surface area contributed by atoms with E-state index in [9.17, 15) is 9.59 Å². The summed E-state index contributed by atoms with van der Waals surface area (Å²) in [4.78, 5) is 23.7. The maximum absolute atomic E-state index is 12.1. The number of rotatable bonds is 2. The van der Waals surface area contributed by atoms with E-state index in [4.69, 9.17) is 9.47 Å². The van der Waals surface area contributed by atoms with Crippen LogP contribution in [0.2, 0.25) is 0 Å². The maximum Gasteiger partial charge on any atom is 0.516 e. The summed E-state index contributed by atoms with van der Waals surface area (Å²) in [6.07, 6.45) is -0.119. The van der Waals surface area contributed by atoms with Crippen LogP contribution in [0.4, 0.5) is 4.79 Å². The van der Waals surface area contributed by atoms with Gasteiger partial charge >= 0.3 is 12.1 Å². The molecule has 1 fully saturated rings. The fraction of sp³-hybridized carbons (Fsp3) is 0.500. The lowest BCUT2D eigenvalue weighted by Crippen LogP contribution is -2.38. The summed E-state index contributed by atoms with van der Waals surface area (Å²) >= 11 is 0. The summed E-state index contributed by atoms with van der Waals surface area (Å²) in [6, 6.07) is 9.24. The second kappa shape index (κ2) is 6.26. The van der Waals surface area contributed by atoms with E-state index in [1.807, 2.05) is 30.3 Å². The molecule has 21 heavy (non-hydrogen) atoms. The largest absolute Gasteiger partial charge is 0.516 e. The second-order valence-corrected chi connectivity index (χ2v) is 6.12. The molecule has 0 aliphatic carbocycles. The first kappa shape index (κ1) is 15.5. The Bertz CT molecular complexity index is 507. The molecule has 1 heterocycles. The lowest BCUT2D eigenvalue weighted by molar-refractivity contribution is -0.143. The molecule has 1 aliphatic rings. The van der Waals surface area contributed by atoms with Gasteiger partial charge in [0.05, 0.1) is 0 Å². The molecule has 2 atom stereocenters. The average Bonchev–Trinajstić information content (AvgIpc) is 2.86. The highest BCUT2D eigenvalue weighted by Crippen LogP contribution is 2.28. The third kappa shape index (κ3) is 4.29. The molecule has 0 spiro atoms. The van der Waals surface area contributed by atoms with Crippen LogP contribution >= 0.6 is 0 Å². The number of nitrogens with one attached hydrogen (secondary N) is 1. The van der Waals surface area contributed by atoms with Gasteiger partial charge in [-0.1, -0.05) is 30.3 Å². The molecular formula is C16H21NO4. The third-order valence-corrected chi connectivity index (χ3v) is 3.28. The Balaban J connectivity index is 2.00. The van der Waals surface area contributed by atoms with Crippen LogP contribution in [0.15, 0.2) is 30.3 Å². The smallest absolute Gasteiger partial charge is 0.428 e. The Morgan fingerprint density at radius 2 is 1.86 bits per heavy atom. The van der Waals surface area contributed by atoms with Crippen molar-refractivity contribution in [3.8, 4) is 0 Å². The van der Waals surface area contributed by atoms with E-state index < -0.39 is 23.8 Å². The van der Waals surface area contributed by atoms with E-state index in [-0.39, 0.29) is 5.92 Å². The van der Waals surface area contributed by atoms with Gasteiger partial charge in [-0.25, -0.2) is 9.59 Å². The maximum atomic E-state index is 12.1. The molecule has 0 radical (unpaired) electrons. The number of hydrogen-bond acceptors (Lipinski definition) is 5. The fourth-order valence-corrected chi connectivity index (χ4v) is 2.43. The molecule has 0 bridgehead atoms. The van der Waals surface area contributed by atoms with Crippen molar-refractivity contribution in [2.45, 2.75) is 44.8 Å². The summed E-state index contributed by atoms with van der Waals surface area (Å²) in [7, 11) is 0. The van der Waals surface area contributed by atoms with Gasteiger partial charge in [-0.3, -0.25) is 0 Å².